The van der Waals surface area contributed by atoms with E-state index in [4.69, 9.17) is 5.11 Å². The van der Waals surface area contributed by atoms with E-state index in [2.05, 4.69) is 0 Å². The number of alkyl halides is 15. The molecule has 0 aliphatic carbocycles. The first-order valence-corrected chi connectivity index (χ1v) is 7.43. The minimum Gasteiger partial charge on any atom is -0.397 e. The Balaban J connectivity index is 0. The second kappa shape index (κ2) is 7.23. The van der Waals surface area contributed by atoms with Crippen molar-refractivity contribution in [3.63, 3.8) is 0 Å². The third-order valence-electron chi connectivity index (χ3n) is 2.37. The van der Waals surface area contributed by atoms with Crippen molar-refractivity contribution < 1.29 is 75.1 Å². The Kier molecular flexibility index (Phi) is 7.59. The predicted molar refractivity (Wildman–Crippen MR) is 52.6 cm³/mol. The number of hydrogen-bond acceptors (Lipinski definition) is 1. The van der Waals surface area contributed by atoms with E-state index in [1.807, 2.05) is 0 Å². The van der Waals surface area contributed by atoms with Crippen LogP contribution in [-0.2, 0) is 0 Å². The van der Waals surface area contributed by atoms with Crippen LogP contribution in [0.2, 0.25) is 0 Å². The highest BCUT2D eigenvalue weighted by molar-refractivity contribution is 6.81. The van der Waals surface area contributed by atoms with E-state index in [1.165, 1.54) is 0 Å². The van der Waals surface area contributed by atoms with Gasteiger partial charge in [-0.1, -0.05) is 0 Å². The summed E-state index contributed by atoms with van der Waals surface area (Å²) in [6.45, 7) is 1.93. The lowest BCUT2D eigenvalue weighted by molar-refractivity contribution is -0.310. The van der Waals surface area contributed by atoms with Gasteiger partial charge >= 0.3 is 43.6 Å². The lowest BCUT2D eigenvalue weighted by atomic mass is 10.6. The van der Waals surface area contributed by atoms with Crippen LogP contribution in [0.25, 0.3) is 0 Å². The molecule has 0 aromatic carbocycles. The topological polar surface area (TPSA) is 20.2 Å². The van der Waals surface area contributed by atoms with Crippen molar-refractivity contribution in [2.75, 3.05) is 6.61 Å². The van der Waals surface area contributed by atoms with E-state index in [0.717, 1.165) is 0 Å². The second-order valence-corrected chi connectivity index (χ2v) is 7.39. The summed E-state index contributed by atoms with van der Waals surface area (Å²) in [5.74, 6) is 0. The minimum absolute atomic E-state index is 0.250. The van der Waals surface area contributed by atoms with Gasteiger partial charge in [-0.3, -0.25) is 4.11 Å². The van der Waals surface area contributed by atoms with Gasteiger partial charge in [0.2, 0.25) is 0 Å². The van der Waals surface area contributed by atoms with E-state index in [0.29, 0.717) is 0 Å². The van der Waals surface area contributed by atoms with Crippen LogP contribution in [0.3, 0.4) is 0 Å². The van der Waals surface area contributed by atoms with E-state index >= 15 is 0 Å². The fraction of sp³-hybridized carbons (Fsp3) is 1.00. The third kappa shape index (κ3) is 3.98. The summed E-state index contributed by atoms with van der Waals surface area (Å²) in [7, 11) is -10.7. The van der Waals surface area contributed by atoms with Gasteiger partial charge in [-0.05, 0) is 6.92 Å². The molecular weight excluding hydrogens is 444 g/mol. The van der Waals surface area contributed by atoms with E-state index in [1.54, 1.807) is 6.92 Å². The van der Waals surface area contributed by atoms with E-state index in [-0.39, 0.29) is 6.61 Å². The maximum atomic E-state index is 13.3. The van der Waals surface area contributed by atoms with Gasteiger partial charge in [0.25, 0.3) is 0 Å². The first-order chi connectivity index (χ1) is 10.9. The lowest BCUT2D eigenvalue weighted by Crippen LogP contribution is -2.82. The van der Waals surface area contributed by atoms with Gasteiger partial charge < -0.3 is 5.11 Å². The quantitative estimate of drug-likeness (QED) is 0.360. The van der Waals surface area contributed by atoms with Crippen molar-refractivity contribution in [3.05, 3.63) is 0 Å². The van der Waals surface area contributed by atoms with Crippen molar-refractivity contribution in [1.29, 1.82) is 0 Å². The van der Waals surface area contributed by atoms with Gasteiger partial charge in [-0.2, -0.15) is 65.9 Å². The Morgan fingerprint density at radius 1 is 0.538 bits per heavy atom. The molecule has 1 N–H and O–H groups in total. The monoisotopic (exact) mass is 450 g/mol. The molecule has 0 saturated heterocycles. The highest BCUT2D eigenvalue weighted by Gasteiger charge is 3.01. The van der Waals surface area contributed by atoms with Crippen LogP contribution >= 0.6 is 0 Å². The predicted octanol–water partition coefficient (Wildman–Crippen LogP) is 5.11. The fourth-order valence-electron chi connectivity index (χ4n) is 1.18. The summed E-state index contributed by atoms with van der Waals surface area (Å²) in [6, 6.07) is 0. The average Bonchev–Trinajstić information content (AvgIpc) is 2.33. The van der Waals surface area contributed by atoms with Crippen LogP contribution in [0, 0.1) is 0 Å². The Hall–Kier alpha value is -0.943. The second-order valence-electron chi connectivity index (χ2n) is 4.19. The Morgan fingerprint density at radius 3 is 0.731 bits per heavy atom. The zero-order chi connectivity index (χ0) is 22.2. The van der Waals surface area contributed by atoms with Gasteiger partial charge in [0.05, 0.1) is 0 Å². The summed E-state index contributed by atoms with van der Waals surface area (Å²) < 4.78 is 195. The lowest BCUT2D eigenvalue weighted by Gasteiger charge is -2.41. The van der Waals surface area contributed by atoms with Crippen LogP contribution in [-0.4, -0.2) is 55.3 Å². The highest BCUT2D eigenvalue weighted by atomic mass is 28.4. The van der Waals surface area contributed by atoms with Crippen molar-refractivity contribution in [3.8, 4) is 0 Å². The Bertz CT molecular complexity index is 394. The molecule has 0 aliphatic heterocycles. The highest BCUT2D eigenvalue weighted by Crippen LogP contribution is 2.62. The molecule has 0 aromatic heterocycles. The molecule has 0 fully saturated rings. The molecule has 0 bridgehead atoms. The average molecular weight is 450 g/mol. The summed E-state index contributed by atoms with van der Waals surface area (Å²) in [5, 5.41) is 7.57. The molecule has 0 aliphatic rings. The molecule has 26 heavy (non-hydrogen) atoms. The van der Waals surface area contributed by atoms with Gasteiger partial charge in [-0.15, -0.1) is 0 Å². The molecule has 0 heterocycles. The normalized spacial score (nSPS) is 15.5. The van der Waals surface area contributed by atoms with Gasteiger partial charge in [0.1, 0.15) is 0 Å². The van der Waals surface area contributed by atoms with Crippen molar-refractivity contribution in [2.45, 2.75) is 42.1 Å². The van der Waals surface area contributed by atoms with Crippen LogP contribution < -0.4 is 0 Å². The SMILES string of the molecule is CCO.FC(F)(F)C(F)(F)[Si](F)(C(F)(F)C(F)(F)F)C(F)(F)C(F)(F)F. The maximum Gasteiger partial charge on any atom is 0.502 e. The maximum absolute atomic E-state index is 13.3. The van der Waals surface area contributed by atoms with Crippen molar-refractivity contribution in [1.82, 2.24) is 0 Å². The number of aliphatic hydroxyl groups is 1. The van der Waals surface area contributed by atoms with Crippen LogP contribution in [0.4, 0.5) is 70.0 Å². The Morgan fingerprint density at radius 2 is 0.654 bits per heavy atom. The smallest absolute Gasteiger partial charge is 0.397 e. The zero-order valence-corrected chi connectivity index (χ0v) is 12.7. The number of hydrogen-bond donors (Lipinski definition) is 1. The summed E-state index contributed by atoms with van der Waals surface area (Å²) in [4.78, 5) is 0. The standard InChI is InChI=1S/C6F16Si.C2H6O/c7-1(8,9)4(16,17)23(22,5(18,19)2(10,11)12)6(20,21)3(13,14)15;1-2-3/h;3H,2H2,1H3. The summed E-state index contributed by atoms with van der Waals surface area (Å²) in [6.07, 6.45) is -23.6. The molecule has 0 unspecified atom stereocenters. The molecule has 0 atom stereocenters. The van der Waals surface area contributed by atoms with Crippen LogP contribution in [0.15, 0.2) is 0 Å². The summed E-state index contributed by atoms with van der Waals surface area (Å²) >= 11 is 0. The van der Waals surface area contributed by atoms with E-state index < -0.39 is 43.6 Å². The van der Waals surface area contributed by atoms with Crippen LogP contribution in [0.1, 0.15) is 6.92 Å². The molecule has 0 radical (unpaired) electrons. The first-order valence-electron chi connectivity index (χ1n) is 5.55. The van der Waals surface area contributed by atoms with Crippen molar-refractivity contribution in [2.24, 2.45) is 0 Å². The molecule has 18 heteroatoms. The van der Waals surface area contributed by atoms with Gasteiger partial charge in [0.15, 0.2) is 0 Å². The minimum atomic E-state index is -10.7. The first kappa shape index (κ1) is 27.3. The number of rotatable bonds is 3. The Labute approximate surface area is 133 Å². The molecule has 160 valence electrons. The van der Waals surface area contributed by atoms with Crippen LogP contribution in [0.5, 0.6) is 0 Å². The molecule has 0 saturated carbocycles. The molecular formula is C8H6F16OSi. The van der Waals surface area contributed by atoms with Gasteiger partial charge in [0, 0.05) is 6.61 Å². The molecule has 1 nitrogen and oxygen atoms in total. The molecule has 0 amide bonds. The summed E-state index contributed by atoms with van der Waals surface area (Å²) in [5.41, 5.74) is -24.9. The fourth-order valence-corrected chi connectivity index (χ4v) is 3.53. The molecule has 0 aromatic rings. The van der Waals surface area contributed by atoms with Crippen molar-refractivity contribution >= 4 is 8.41 Å². The van der Waals surface area contributed by atoms with Gasteiger partial charge in [-0.25, -0.2) is 0 Å². The third-order valence-corrected chi connectivity index (χ3v) is 5.81. The number of halogens is 16. The molecule has 0 spiro atoms. The molecule has 0 rings (SSSR count). The largest absolute Gasteiger partial charge is 0.502 e. The van der Waals surface area contributed by atoms with E-state index in [9.17, 15) is 70.0 Å². The number of aliphatic hydroxyl groups excluding tert-OH is 1. The zero-order valence-electron chi connectivity index (χ0n) is 11.7.